The van der Waals surface area contributed by atoms with Gasteiger partial charge in [-0.15, -0.1) is 0 Å². The Labute approximate surface area is 201 Å². The Bertz CT molecular complexity index is 1000. The number of likely N-dealkylation sites (N-methyl/N-ethyl adjacent to an activating group) is 1. The van der Waals surface area contributed by atoms with Crippen LogP contribution in [0.1, 0.15) is 49.3 Å². The number of benzene rings is 2. The average Bonchev–Trinajstić information content (AvgIpc) is 3.15. The number of nitrogens with zero attached hydrogens (tertiary/aromatic N) is 2. The zero-order valence-corrected chi connectivity index (χ0v) is 19.9. The minimum absolute atomic E-state index is 0.141. The molecule has 2 fully saturated rings. The van der Waals surface area contributed by atoms with Gasteiger partial charge in [0.1, 0.15) is 17.7 Å². The topological polar surface area (TPSA) is 56.8 Å². The molecule has 2 aromatic rings. The van der Waals surface area contributed by atoms with Crippen LogP contribution < -0.4 is 15.6 Å². The first-order valence-corrected chi connectivity index (χ1v) is 12.5. The van der Waals surface area contributed by atoms with Crippen molar-refractivity contribution in [1.29, 1.82) is 0 Å². The van der Waals surface area contributed by atoms with Crippen molar-refractivity contribution in [3.8, 4) is 5.75 Å². The van der Waals surface area contributed by atoms with E-state index in [2.05, 4.69) is 15.8 Å². The maximum atomic E-state index is 14.6. The number of nitrogens with one attached hydrogen (secondary N) is 2. The second-order valence-electron chi connectivity index (χ2n) is 9.95. The highest BCUT2D eigenvalue weighted by molar-refractivity contribution is 5.76. The van der Waals surface area contributed by atoms with Crippen LogP contribution in [0, 0.1) is 11.7 Å². The molecule has 1 aliphatic carbocycles. The molecule has 2 aliphatic heterocycles. The zero-order valence-electron chi connectivity index (χ0n) is 19.9. The van der Waals surface area contributed by atoms with Crippen LogP contribution in [0.2, 0.25) is 0 Å². The SMILES string of the molecule is CN(CC1NNC2CCCCC21)C(=O)CCN1Cc2ccccc2OC(c2ccccc2F)C1. The van der Waals surface area contributed by atoms with Crippen LogP contribution in [-0.2, 0) is 11.3 Å². The largest absolute Gasteiger partial charge is 0.484 e. The molecule has 34 heavy (non-hydrogen) atoms. The summed E-state index contributed by atoms with van der Waals surface area (Å²) in [4.78, 5) is 17.1. The molecule has 0 spiro atoms. The highest BCUT2D eigenvalue weighted by Crippen LogP contribution is 2.32. The van der Waals surface area contributed by atoms with Gasteiger partial charge < -0.3 is 9.64 Å². The van der Waals surface area contributed by atoms with E-state index in [9.17, 15) is 9.18 Å². The lowest BCUT2D eigenvalue weighted by Crippen LogP contribution is -2.44. The maximum absolute atomic E-state index is 14.6. The summed E-state index contributed by atoms with van der Waals surface area (Å²) in [6.07, 6.45) is 5.01. The molecule has 3 aliphatic rings. The van der Waals surface area contributed by atoms with Crippen molar-refractivity contribution in [1.82, 2.24) is 20.7 Å². The van der Waals surface area contributed by atoms with Crippen LogP contribution in [0.4, 0.5) is 4.39 Å². The van der Waals surface area contributed by atoms with Gasteiger partial charge in [-0.25, -0.2) is 4.39 Å². The van der Waals surface area contributed by atoms with Gasteiger partial charge in [0.25, 0.3) is 0 Å². The fourth-order valence-corrected chi connectivity index (χ4v) is 5.71. The molecule has 4 unspecified atom stereocenters. The first-order valence-electron chi connectivity index (χ1n) is 12.5. The molecule has 5 rings (SSSR count). The molecule has 182 valence electrons. The summed E-state index contributed by atoms with van der Waals surface area (Å²) in [5.41, 5.74) is 8.48. The molecule has 7 heteroatoms. The van der Waals surface area contributed by atoms with E-state index in [0.717, 1.165) is 17.9 Å². The Kier molecular flexibility index (Phi) is 7.13. The maximum Gasteiger partial charge on any atom is 0.223 e. The Hall–Kier alpha value is -2.48. The fraction of sp³-hybridized carbons (Fsp3) is 0.519. The quantitative estimate of drug-likeness (QED) is 0.681. The van der Waals surface area contributed by atoms with E-state index in [1.807, 2.05) is 42.3 Å². The fourth-order valence-electron chi connectivity index (χ4n) is 5.71. The molecule has 1 saturated heterocycles. The van der Waals surface area contributed by atoms with Gasteiger partial charge in [0.05, 0.1) is 0 Å². The van der Waals surface area contributed by atoms with Crippen molar-refractivity contribution in [2.24, 2.45) is 5.92 Å². The van der Waals surface area contributed by atoms with Crippen LogP contribution in [0.5, 0.6) is 5.75 Å². The van der Waals surface area contributed by atoms with Crippen molar-refractivity contribution < 1.29 is 13.9 Å². The van der Waals surface area contributed by atoms with Gasteiger partial charge in [-0.3, -0.25) is 20.5 Å². The normalized spacial score (nSPS) is 26.8. The number of halogens is 1. The van der Waals surface area contributed by atoms with Gasteiger partial charge in [0.15, 0.2) is 0 Å². The Morgan fingerprint density at radius 3 is 2.79 bits per heavy atom. The Morgan fingerprint density at radius 1 is 1.12 bits per heavy atom. The number of carbonyl (C=O) groups excluding carboxylic acids is 1. The van der Waals surface area contributed by atoms with Crippen molar-refractivity contribution in [3.05, 3.63) is 65.5 Å². The number of fused-ring (bicyclic) bond motifs is 2. The third-order valence-corrected chi connectivity index (χ3v) is 7.64. The van der Waals surface area contributed by atoms with Crippen molar-refractivity contribution in [2.75, 3.05) is 26.7 Å². The van der Waals surface area contributed by atoms with Crippen LogP contribution in [0.15, 0.2) is 48.5 Å². The highest BCUT2D eigenvalue weighted by Gasteiger charge is 2.38. The van der Waals surface area contributed by atoms with E-state index in [-0.39, 0.29) is 11.7 Å². The van der Waals surface area contributed by atoms with Gasteiger partial charge in [0.2, 0.25) is 5.91 Å². The number of hydrogen-bond acceptors (Lipinski definition) is 5. The average molecular weight is 467 g/mol. The predicted molar refractivity (Wildman–Crippen MR) is 130 cm³/mol. The molecule has 0 bridgehead atoms. The van der Waals surface area contributed by atoms with E-state index in [0.29, 0.717) is 49.6 Å². The number of rotatable bonds is 6. The molecule has 0 aromatic heterocycles. The lowest BCUT2D eigenvalue weighted by atomic mass is 9.81. The van der Waals surface area contributed by atoms with Crippen LogP contribution in [0.3, 0.4) is 0 Å². The minimum Gasteiger partial charge on any atom is -0.484 e. The standard InChI is InChI=1S/C27H35FN4O2/c1-31(17-24-21-10-4-6-12-23(21)29-30-24)27(33)14-15-32-16-19-8-2-7-13-25(19)34-26(18-32)20-9-3-5-11-22(20)28/h2-3,5,7-9,11,13,21,23-24,26,29-30H,4,6,10,12,14-18H2,1H3. The van der Waals surface area contributed by atoms with Crippen molar-refractivity contribution >= 4 is 5.91 Å². The van der Waals surface area contributed by atoms with Gasteiger partial charge in [-0.1, -0.05) is 49.2 Å². The Morgan fingerprint density at radius 2 is 1.91 bits per heavy atom. The van der Waals surface area contributed by atoms with E-state index in [4.69, 9.17) is 4.74 Å². The number of amides is 1. The highest BCUT2D eigenvalue weighted by atomic mass is 19.1. The molecule has 2 heterocycles. The Balaban J connectivity index is 1.22. The summed E-state index contributed by atoms with van der Waals surface area (Å²) < 4.78 is 20.8. The molecular formula is C27H35FN4O2. The molecule has 4 atom stereocenters. The van der Waals surface area contributed by atoms with Gasteiger partial charge in [-0.05, 0) is 30.9 Å². The molecule has 2 N–H and O–H groups in total. The molecule has 0 radical (unpaired) electrons. The molecule has 1 amide bonds. The molecule has 2 aromatic carbocycles. The van der Waals surface area contributed by atoms with Gasteiger partial charge in [0, 0.05) is 62.9 Å². The van der Waals surface area contributed by atoms with Crippen LogP contribution in [-0.4, -0.2) is 54.5 Å². The number of para-hydroxylation sites is 1. The number of carbonyl (C=O) groups is 1. The summed E-state index contributed by atoms with van der Waals surface area (Å²) in [7, 11) is 1.91. The number of hydrogen-bond donors (Lipinski definition) is 2. The third-order valence-electron chi connectivity index (χ3n) is 7.64. The first-order chi connectivity index (χ1) is 16.6. The number of hydrazine groups is 1. The van der Waals surface area contributed by atoms with Crippen molar-refractivity contribution in [3.63, 3.8) is 0 Å². The zero-order chi connectivity index (χ0) is 23.5. The second kappa shape index (κ2) is 10.4. The summed E-state index contributed by atoms with van der Waals surface area (Å²) in [5.74, 6) is 1.26. The summed E-state index contributed by atoms with van der Waals surface area (Å²) >= 11 is 0. The lowest BCUT2D eigenvalue weighted by molar-refractivity contribution is -0.130. The minimum atomic E-state index is -0.422. The van der Waals surface area contributed by atoms with E-state index < -0.39 is 6.10 Å². The monoisotopic (exact) mass is 466 g/mol. The van der Waals surface area contributed by atoms with E-state index in [1.165, 1.54) is 31.7 Å². The number of ether oxygens (including phenoxy) is 1. The summed E-state index contributed by atoms with van der Waals surface area (Å²) in [5, 5.41) is 0. The predicted octanol–water partition coefficient (Wildman–Crippen LogP) is 3.65. The third kappa shape index (κ3) is 5.11. The van der Waals surface area contributed by atoms with Crippen LogP contribution in [0.25, 0.3) is 0 Å². The summed E-state index contributed by atoms with van der Waals surface area (Å²) in [6.45, 7) is 2.53. The smallest absolute Gasteiger partial charge is 0.223 e. The first kappa shape index (κ1) is 23.3. The van der Waals surface area contributed by atoms with Crippen molar-refractivity contribution in [2.45, 2.75) is 56.8 Å². The van der Waals surface area contributed by atoms with Crippen LogP contribution >= 0.6 is 0 Å². The van der Waals surface area contributed by atoms with Gasteiger partial charge in [-0.2, -0.15) is 0 Å². The summed E-state index contributed by atoms with van der Waals surface area (Å²) in [6, 6.07) is 15.5. The molecule has 1 saturated carbocycles. The lowest BCUT2D eigenvalue weighted by Gasteiger charge is -2.30. The van der Waals surface area contributed by atoms with E-state index >= 15 is 0 Å². The molecular weight excluding hydrogens is 431 g/mol. The van der Waals surface area contributed by atoms with E-state index in [1.54, 1.807) is 12.1 Å². The second-order valence-corrected chi connectivity index (χ2v) is 9.95. The van der Waals surface area contributed by atoms with Gasteiger partial charge >= 0.3 is 0 Å². The molecule has 6 nitrogen and oxygen atoms in total.